The molecule has 2 aromatic carbocycles. The van der Waals surface area contributed by atoms with E-state index in [9.17, 15) is 4.79 Å². The zero-order valence-electron chi connectivity index (χ0n) is 9.44. The molecule has 4 rings (SSSR count). The van der Waals surface area contributed by atoms with Crippen LogP contribution in [-0.4, -0.2) is 4.98 Å². The normalized spacial score (nSPS) is 11.6. The van der Waals surface area contributed by atoms with E-state index in [2.05, 4.69) is 4.98 Å². The van der Waals surface area contributed by atoms with Crippen molar-refractivity contribution < 1.29 is 4.42 Å². The highest BCUT2D eigenvalue weighted by Crippen LogP contribution is 2.29. The SMILES string of the molecule is O=c1ccoc2ccc3c4ccccc4[nH]c3c12. The fourth-order valence-corrected chi connectivity index (χ4v) is 2.49. The van der Waals surface area contributed by atoms with Gasteiger partial charge in [-0.15, -0.1) is 0 Å². The van der Waals surface area contributed by atoms with Gasteiger partial charge in [0.15, 0.2) is 5.43 Å². The second-order valence-electron chi connectivity index (χ2n) is 4.32. The number of fused-ring (bicyclic) bond motifs is 5. The maximum atomic E-state index is 12.0. The van der Waals surface area contributed by atoms with Crippen LogP contribution in [-0.2, 0) is 0 Å². The monoisotopic (exact) mass is 235 g/mol. The fraction of sp³-hybridized carbons (Fsp3) is 0. The van der Waals surface area contributed by atoms with E-state index in [1.165, 1.54) is 12.3 Å². The summed E-state index contributed by atoms with van der Waals surface area (Å²) in [6.45, 7) is 0. The van der Waals surface area contributed by atoms with Crippen LogP contribution in [0.25, 0.3) is 32.8 Å². The molecule has 0 radical (unpaired) electrons. The third kappa shape index (κ3) is 1.10. The first-order chi connectivity index (χ1) is 8.84. The van der Waals surface area contributed by atoms with E-state index in [1.807, 2.05) is 36.4 Å². The van der Waals surface area contributed by atoms with Crippen LogP contribution in [0.1, 0.15) is 0 Å². The van der Waals surface area contributed by atoms with Crippen molar-refractivity contribution in [2.45, 2.75) is 0 Å². The van der Waals surface area contributed by atoms with Crippen LogP contribution in [0.4, 0.5) is 0 Å². The van der Waals surface area contributed by atoms with Gasteiger partial charge in [0.2, 0.25) is 0 Å². The minimum Gasteiger partial charge on any atom is -0.464 e. The van der Waals surface area contributed by atoms with Crippen molar-refractivity contribution in [3.8, 4) is 0 Å². The molecule has 3 nitrogen and oxygen atoms in total. The van der Waals surface area contributed by atoms with Gasteiger partial charge in [-0.2, -0.15) is 0 Å². The lowest BCUT2D eigenvalue weighted by molar-refractivity contribution is 0.603. The summed E-state index contributed by atoms with van der Waals surface area (Å²) in [5, 5.41) is 2.79. The van der Waals surface area contributed by atoms with E-state index >= 15 is 0 Å². The van der Waals surface area contributed by atoms with Gasteiger partial charge in [0, 0.05) is 22.4 Å². The maximum absolute atomic E-state index is 12.0. The molecule has 18 heavy (non-hydrogen) atoms. The Bertz CT molecular complexity index is 947. The third-order valence-electron chi connectivity index (χ3n) is 3.30. The van der Waals surface area contributed by atoms with Gasteiger partial charge in [-0.25, -0.2) is 0 Å². The van der Waals surface area contributed by atoms with Crippen LogP contribution in [0.3, 0.4) is 0 Å². The molecule has 0 fully saturated rings. The molecule has 0 saturated heterocycles. The molecule has 0 aliphatic heterocycles. The van der Waals surface area contributed by atoms with Crippen LogP contribution >= 0.6 is 0 Å². The lowest BCUT2D eigenvalue weighted by atomic mass is 10.1. The molecule has 0 amide bonds. The summed E-state index contributed by atoms with van der Waals surface area (Å²) in [6.07, 6.45) is 1.43. The quantitative estimate of drug-likeness (QED) is 0.507. The van der Waals surface area contributed by atoms with Gasteiger partial charge in [0.25, 0.3) is 0 Å². The minimum atomic E-state index is -0.0200. The topological polar surface area (TPSA) is 46.0 Å². The van der Waals surface area contributed by atoms with E-state index in [0.29, 0.717) is 11.0 Å². The Balaban J connectivity index is 2.39. The molecule has 2 aromatic heterocycles. The van der Waals surface area contributed by atoms with Crippen molar-refractivity contribution in [3.63, 3.8) is 0 Å². The summed E-state index contributed by atoms with van der Waals surface area (Å²) < 4.78 is 5.38. The Hall–Kier alpha value is -2.55. The highest BCUT2D eigenvalue weighted by atomic mass is 16.3. The Morgan fingerprint density at radius 2 is 1.83 bits per heavy atom. The van der Waals surface area contributed by atoms with E-state index in [4.69, 9.17) is 4.42 Å². The number of hydrogen-bond donors (Lipinski definition) is 1. The molecule has 2 heterocycles. The molecule has 0 saturated carbocycles. The summed E-state index contributed by atoms with van der Waals surface area (Å²) >= 11 is 0. The second-order valence-corrected chi connectivity index (χ2v) is 4.32. The molecule has 0 spiro atoms. The van der Waals surface area contributed by atoms with Gasteiger partial charge >= 0.3 is 0 Å². The number of rotatable bonds is 0. The van der Waals surface area contributed by atoms with Crippen molar-refractivity contribution in [2.24, 2.45) is 0 Å². The summed E-state index contributed by atoms with van der Waals surface area (Å²) in [6, 6.07) is 13.3. The van der Waals surface area contributed by atoms with E-state index in [0.717, 1.165) is 21.8 Å². The van der Waals surface area contributed by atoms with E-state index in [1.54, 1.807) is 0 Å². The van der Waals surface area contributed by atoms with Crippen molar-refractivity contribution in [1.82, 2.24) is 4.98 Å². The van der Waals surface area contributed by atoms with Crippen molar-refractivity contribution in [2.75, 3.05) is 0 Å². The Morgan fingerprint density at radius 1 is 0.944 bits per heavy atom. The van der Waals surface area contributed by atoms with Gasteiger partial charge in [-0.05, 0) is 18.2 Å². The van der Waals surface area contributed by atoms with Crippen molar-refractivity contribution in [3.05, 3.63) is 59.0 Å². The van der Waals surface area contributed by atoms with Gasteiger partial charge in [-0.1, -0.05) is 18.2 Å². The Kier molecular flexibility index (Phi) is 1.70. The smallest absolute Gasteiger partial charge is 0.194 e. The number of aromatic amines is 1. The van der Waals surface area contributed by atoms with Crippen LogP contribution < -0.4 is 5.43 Å². The fourth-order valence-electron chi connectivity index (χ4n) is 2.49. The lowest BCUT2D eigenvalue weighted by Gasteiger charge is -1.97. The highest BCUT2D eigenvalue weighted by Gasteiger charge is 2.10. The maximum Gasteiger partial charge on any atom is 0.194 e. The molecule has 0 aliphatic rings. The first-order valence-electron chi connectivity index (χ1n) is 5.75. The largest absolute Gasteiger partial charge is 0.464 e. The molecular formula is C15H9NO2. The van der Waals surface area contributed by atoms with E-state index in [-0.39, 0.29) is 5.43 Å². The molecule has 0 unspecified atom stereocenters. The van der Waals surface area contributed by atoms with Crippen molar-refractivity contribution in [1.29, 1.82) is 0 Å². The predicted molar refractivity (Wildman–Crippen MR) is 71.8 cm³/mol. The Morgan fingerprint density at radius 3 is 2.78 bits per heavy atom. The first-order valence-corrected chi connectivity index (χ1v) is 5.75. The first kappa shape index (κ1) is 9.48. The minimum absolute atomic E-state index is 0.0200. The average molecular weight is 235 g/mol. The predicted octanol–water partition coefficient (Wildman–Crippen LogP) is 3.43. The summed E-state index contributed by atoms with van der Waals surface area (Å²) in [4.78, 5) is 15.3. The number of nitrogens with one attached hydrogen (secondary N) is 1. The standard InChI is InChI=1S/C15H9NO2/c17-12-7-8-18-13-6-5-10-9-3-1-2-4-11(9)16-15(10)14(12)13/h1-8,16H. The molecular weight excluding hydrogens is 226 g/mol. The van der Waals surface area contributed by atoms with Gasteiger partial charge < -0.3 is 9.40 Å². The molecule has 0 bridgehead atoms. The highest BCUT2D eigenvalue weighted by molar-refractivity contribution is 6.15. The lowest BCUT2D eigenvalue weighted by Crippen LogP contribution is -1.98. The van der Waals surface area contributed by atoms with Crippen LogP contribution in [0.15, 0.2) is 57.9 Å². The number of para-hydroxylation sites is 1. The Labute approximate surface area is 102 Å². The third-order valence-corrected chi connectivity index (χ3v) is 3.30. The second kappa shape index (κ2) is 3.23. The zero-order valence-corrected chi connectivity index (χ0v) is 9.44. The van der Waals surface area contributed by atoms with Crippen LogP contribution in [0.5, 0.6) is 0 Å². The molecule has 0 atom stereocenters. The summed E-state index contributed by atoms with van der Waals surface area (Å²) in [7, 11) is 0. The number of hydrogen-bond acceptors (Lipinski definition) is 2. The summed E-state index contributed by atoms with van der Waals surface area (Å²) in [5.74, 6) is 0. The summed E-state index contributed by atoms with van der Waals surface area (Å²) in [5.41, 5.74) is 2.47. The van der Waals surface area contributed by atoms with E-state index < -0.39 is 0 Å². The molecule has 4 aromatic rings. The molecule has 3 heteroatoms. The molecule has 86 valence electrons. The number of H-pyrrole nitrogens is 1. The average Bonchev–Trinajstić information content (AvgIpc) is 2.77. The molecule has 1 N–H and O–H groups in total. The molecule has 0 aliphatic carbocycles. The number of benzene rings is 2. The van der Waals surface area contributed by atoms with Crippen LogP contribution in [0.2, 0.25) is 0 Å². The van der Waals surface area contributed by atoms with Gasteiger partial charge in [0.05, 0.1) is 17.2 Å². The zero-order chi connectivity index (χ0) is 12.1. The van der Waals surface area contributed by atoms with Crippen molar-refractivity contribution >= 4 is 32.8 Å². The number of aromatic nitrogens is 1. The van der Waals surface area contributed by atoms with Crippen LogP contribution in [0, 0.1) is 0 Å². The van der Waals surface area contributed by atoms with Gasteiger partial charge in [0.1, 0.15) is 5.58 Å². The van der Waals surface area contributed by atoms with Gasteiger partial charge in [-0.3, -0.25) is 4.79 Å².